The normalized spacial score (nSPS) is 14.3. The van der Waals surface area contributed by atoms with Crippen LogP contribution in [0.5, 0.6) is 0 Å². The number of guanidine groups is 1. The number of carbonyl (C=O) groups excluding carboxylic acids is 3. The molecular weight excluding hydrogens is 458 g/mol. The van der Waals surface area contributed by atoms with Crippen LogP contribution < -0.4 is 33.2 Å². The number of aromatic nitrogens is 2. The lowest BCUT2D eigenvalue weighted by atomic mass is 10.0. The van der Waals surface area contributed by atoms with Gasteiger partial charge < -0.3 is 43.2 Å². The fourth-order valence-corrected chi connectivity index (χ4v) is 3.14. The summed E-state index contributed by atoms with van der Waals surface area (Å²) in [5.74, 6) is -3.06. The molecule has 3 amide bonds. The van der Waals surface area contributed by atoms with Crippen molar-refractivity contribution in [3.8, 4) is 0 Å². The summed E-state index contributed by atoms with van der Waals surface area (Å²) in [5, 5.41) is 16.9. The molecule has 14 nitrogen and oxygen atoms in total. The molecule has 1 heterocycles. The number of H-pyrrole nitrogens is 1. The third-order valence-corrected chi connectivity index (χ3v) is 4.98. The lowest BCUT2D eigenvalue weighted by Gasteiger charge is -2.24. The van der Waals surface area contributed by atoms with Gasteiger partial charge in [-0.2, -0.15) is 0 Å². The highest BCUT2D eigenvalue weighted by Crippen LogP contribution is 2.07. The molecule has 4 unspecified atom stereocenters. The quantitative estimate of drug-likeness (QED) is 0.0756. The Bertz CT molecular complexity index is 869. The van der Waals surface area contributed by atoms with Crippen molar-refractivity contribution in [3.63, 3.8) is 0 Å². The molecule has 0 fully saturated rings. The van der Waals surface area contributed by atoms with Crippen LogP contribution >= 0.6 is 0 Å². The Balaban J connectivity index is 2.70. The molecule has 14 heteroatoms. The highest BCUT2D eigenvalue weighted by atomic mass is 16.4. The number of rotatable bonds is 15. The largest absolute Gasteiger partial charge is 0.480 e. The number of aliphatic carboxylic acids is 1. The maximum atomic E-state index is 12.8. The zero-order valence-electron chi connectivity index (χ0n) is 20.3. The summed E-state index contributed by atoms with van der Waals surface area (Å²) in [6.45, 7) is 5.40. The van der Waals surface area contributed by atoms with E-state index >= 15 is 0 Å². The van der Waals surface area contributed by atoms with Crippen LogP contribution in [0.4, 0.5) is 0 Å². The SMILES string of the molecule is CC(C)CC(NC(=O)C(N)Cc1cnc[nH]1)C(=O)NC(C)C(=O)NC(CCCN=C(N)N)C(=O)O. The van der Waals surface area contributed by atoms with Crippen molar-refractivity contribution in [2.24, 2.45) is 28.1 Å². The summed E-state index contributed by atoms with van der Waals surface area (Å²) >= 11 is 0. The number of carboxylic acids is 1. The van der Waals surface area contributed by atoms with Gasteiger partial charge in [0.05, 0.1) is 12.4 Å². The maximum absolute atomic E-state index is 12.8. The van der Waals surface area contributed by atoms with E-state index in [-0.39, 0.29) is 31.3 Å². The van der Waals surface area contributed by atoms with Gasteiger partial charge in [0, 0.05) is 24.9 Å². The fraction of sp³-hybridized carbons (Fsp3) is 0.619. The molecule has 0 radical (unpaired) electrons. The number of carbonyl (C=O) groups is 4. The van der Waals surface area contributed by atoms with Gasteiger partial charge in [-0.25, -0.2) is 9.78 Å². The Kier molecular flexibility index (Phi) is 12.2. The Labute approximate surface area is 203 Å². The van der Waals surface area contributed by atoms with Gasteiger partial charge in [0.1, 0.15) is 18.1 Å². The van der Waals surface area contributed by atoms with E-state index in [1.807, 2.05) is 13.8 Å². The van der Waals surface area contributed by atoms with Crippen molar-refractivity contribution in [1.29, 1.82) is 0 Å². The van der Waals surface area contributed by atoms with E-state index in [4.69, 9.17) is 17.2 Å². The number of nitrogens with zero attached hydrogens (tertiary/aromatic N) is 2. The second-order valence-electron chi connectivity index (χ2n) is 8.66. The number of imidazole rings is 1. The summed E-state index contributed by atoms with van der Waals surface area (Å²) in [7, 11) is 0. The first-order chi connectivity index (χ1) is 16.4. The molecule has 0 aliphatic carbocycles. The van der Waals surface area contributed by atoms with Crippen LogP contribution in [0.3, 0.4) is 0 Å². The van der Waals surface area contributed by atoms with Crippen molar-refractivity contribution in [2.45, 2.75) is 70.6 Å². The first kappa shape index (κ1) is 29.4. The lowest BCUT2D eigenvalue weighted by molar-refractivity contribution is -0.142. The molecule has 1 rings (SSSR count). The number of aliphatic imine (C=N–C) groups is 1. The van der Waals surface area contributed by atoms with Crippen LogP contribution in [0.1, 0.15) is 45.7 Å². The Morgan fingerprint density at radius 3 is 2.26 bits per heavy atom. The van der Waals surface area contributed by atoms with Gasteiger partial charge in [-0.15, -0.1) is 0 Å². The van der Waals surface area contributed by atoms with Gasteiger partial charge in [0.2, 0.25) is 17.7 Å². The predicted octanol–water partition coefficient (Wildman–Crippen LogP) is -2.06. The number of amides is 3. The lowest BCUT2D eigenvalue weighted by Crippen LogP contribution is -2.56. The fourth-order valence-electron chi connectivity index (χ4n) is 3.14. The van der Waals surface area contributed by atoms with Crippen LogP contribution in [-0.4, -0.2) is 75.4 Å². The van der Waals surface area contributed by atoms with E-state index in [0.29, 0.717) is 18.5 Å². The van der Waals surface area contributed by atoms with Crippen molar-refractivity contribution in [1.82, 2.24) is 25.9 Å². The Hall–Kier alpha value is -3.68. The molecule has 0 saturated carbocycles. The molecule has 0 spiro atoms. The second kappa shape index (κ2) is 14.6. The van der Waals surface area contributed by atoms with E-state index in [0.717, 1.165) is 0 Å². The van der Waals surface area contributed by atoms with Gasteiger partial charge >= 0.3 is 5.97 Å². The molecule has 0 saturated heterocycles. The summed E-state index contributed by atoms with van der Waals surface area (Å²) in [6, 6.07) is -4.07. The number of hydrogen-bond donors (Lipinski definition) is 8. The van der Waals surface area contributed by atoms with Crippen LogP contribution in [0, 0.1) is 5.92 Å². The van der Waals surface area contributed by atoms with Crippen LogP contribution in [0.2, 0.25) is 0 Å². The van der Waals surface area contributed by atoms with Gasteiger partial charge in [-0.05, 0) is 32.1 Å². The van der Waals surface area contributed by atoms with Crippen molar-refractivity contribution in [3.05, 3.63) is 18.2 Å². The summed E-state index contributed by atoms with van der Waals surface area (Å²) in [4.78, 5) is 59.9. The molecule has 0 aliphatic rings. The number of carboxylic acid groups (broad SMARTS) is 1. The molecule has 0 aromatic carbocycles. The predicted molar refractivity (Wildman–Crippen MR) is 129 cm³/mol. The summed E-state index contributed by atoms with van der Waals surface area (Å²) in [5.41, 5.74) is 17.1. The number of nitrogens with one attached hydrogen (secondary N) is 4. The van der Waals surface area contributed by atoms with E-state index in [2.05, 4.69) is 30.9 Å². The second-order valence-corrected chi connectivity index (χ2v) is 8.66. The first-order valence-electron chi connectivity index (χ1n) is 11.3. The number of aromatic amines is 1. The molecule has 35 heavy (non-hydrogen) atoms. The zero-order valence-corrected chi connectivity index (χ0v) is 20.3. The molecule has 196 valence electrons. The van der Waals surface area contributed by atoms with Gasteiger partial charge in [0.25, 0.3) is 0 Å². The Morgan fingerprint density at radius 2 is 1.71 bits per heavy atom. The summed E-state index contributed by atoms with van der Waals surface area (Å²) in [6.07, 6.45) is 3.97. The van der Waals surface area contributed by atoms with Gasteiger partial charge in [0.15, 0.2) is 5.96 Å². The monoisotopic (exact) mass is 495 g/mol. The molecule has 11 N–H and O–H groups in total. The van der Waals surface area contributed by atoms with Crippen molar-refractivity contribution in [2.75, 3.05) is 6.54 Å². The topological polar surface area (TPSA) is 244 Å². The molecule has 0 aliphatic heterocycles. The maximum Gasteiger partial charge on any atom is 0.326 e. The molecule has 1 aromatic heterocycles. The minimum absolute atomic E-state index is 0.0561. The van der Waals surface area contributed by atoms with Crippen molar-refractivity contribution >= 4 is 29.7 Å². The highest BCUT2D eigenvalue weighted by Gasteiger charge is 2.28. The van der Waals surface area contributed by atoms with E-state index in [9.17, 15) is 24.3 Å². The molecular formula is C21H37N9O5. The molecule has 4 atom stereocenters. The first-order valence-corrected chi connectivity index (χ1v) is 11.3. The Morgan fingerprint density at radius 1 is 1.06 bits per heavy atom. The van der Waals surface area contributed by atoms with E-state index in [1.54, 1.807) is 6.20 Å². The minimum Gasteiger partial charge on any atom is -0.480 e. The van der Waals surface area contributed by atoms with Crippen LogP contribution in [0.25, 0.3) is 0 Å². The van der Waals surface area contributed by atoms with Crippen molar-refractivity contribution < 1.29 is 24.3 Å². The van der Waals surface area contributed by atoms with E-state index < -0.39 is 47.9 Å². The van der Waals surface area contributed by atoms with E-state index in [1.165, 1.54) is 13.3 Å². The average molecular weight is 496 g/mol. The smallest absolute Gasteiger partial charge is 0.326 e. The third kappa shape index (κ3) is 11.3. The van der Waals surface area contributed by atoms with Gasteiger partial charge in [-0.1, -0.05) is 13.8 Å². The van der Waals surface area contributed by atoms with Gasteiger partial charge in [-0.3, -0.25) is 19.4 Å². The number of nitrogens with two attached hydrogens (primary N) is 3. The average Bonchev–Trinajstić information content (AvgIpc) is 3.27. The van der Waals surface area contributed by atoms with Crippen LogP contribution in [-0.2, 0) is 25.6 Å². The van der Waals surface area contributed by atoms with Crippen LogP contribution in [0.15, 0.2) is 17.5 Å². The highest BCUT2D eigenvalue weighted by molar-refractivity contribution is 5.93. The zero-order chi connectivity index (χ0) is 26.5. The number of hydrogen-bond acceptors (Lipinski definition) is 7. The minimum atomic E-state index is -1.22. The summed E-state index contributed by atoms with van der Waals surface area (Å²) < 4.78 is 0. The standard InChI is InChI=1S/C21H37N9O5/c1-11(2)7-16(30-18(32)14(22)8-13-9-25-10-27-13)19(33)28-12(3)17(31)29-15(20(34)35)5-4-6-26-21(23)24/h9-12,14-16H,4-8,22H2,1-3H3,(H,25,27)(H,28,33)(H,29,31)(H,30,32)(H,34,35)(H4,23,24,26). The third-order valence-electron chi connectivity index (χ3n) is 4.98. The molecule has 0 bridgehead atoms. The molecule has 1 aromatic rings.